The van der Waals surface area contributed by atoms with E-state index in [1.807, 2.05) is 38.1 Å². The Morgan fingerprint density at radius 3 is 2.50 bits per heavy atom. The van der Waals surface area contributed by atoms with Crippen LogP contribution in [0.1, 0.15) is 42.2 Å². The predicted molar refractivity (Wildman–Crippen MR) is 128 cm³/mol. The molecule has 0 saturated carbocycles. The molecule has 1 aliphatic carbocycles. The number of nitrogens with zero attached hydrogens (tertiary/aromatic N) is 2. The van der Waals surface area contributed by atoms with E-state index in [-0.39, 0.29) is 34.6 Å². The van der Waals surface area contributed by atoms with Gasteiger partial charge in [-0.15, -0.1) is 0 Å². The van der Waals surface area contributed by atoms with Crippen LogP contribution >= 0.6 is 0 Å². The van der Waals surface area contributed by atoms with Crippen molar-refractivity contribution in [1.82, 2.24) is 10.2 Å². The number of carbonyl (C=O) groups excluding carboxylic acids is 2. The van der Waals surface area contributed by atoms with Crippen LogP contribution in [0.5, 0.6) is 11.5 Å². The second-order valence-electron chi connectivity index (χ2n) is 7.69. The van der Waals surface area contributed by atoms with Crippen molar-refractivity contribution in [3.63, 3.8) is 0 Å². The quantitative estimate of drug-likeness (QED) is 0.414. The number of aliphatic hydroxyl groups excluding tert-OH is 1. The molecule has 0 radical (unpaired) electrons. The van der Waals surface area contributed by atoms with Gasteiger partial charge in [0.2, 0.25) is 5.78 Å². The first-order chi connectivity index (χ1) is 16.3. The molecule has 0 aliphatic heterocycles. The van der Waals surface area contributed by atoms with E-state index in [1.54, 1.807) is 26.2 Å². The third kappa shape index (κ3) is 5.47. The Kier molecular flexibility index (Phi) is 9.04. The average Bonchev–Trinajstić information content (AvgIpc) is 2.85. The van der Waals surface area contributed by atoms with Crippen molar-refractivity contribution in [3.05, 3.63) is 65.0 Å². The maximum Gasteiger partial charge on any atom is 0.257 e. The van der Waals surface area contributed by atoms with E-state index >= 15 is 0 Å². The van der Waals surface area contributed by atoms with Crippen LogP contribution in [0.25, 0.3) is 0 Å². The number of anilines is 1. The highest BCUT2D eigenvalue weighted by Crippen LogP contribution is 2.34. The molecule has 2 atom stereocenters. The number of ketones is 1. The zero-order valence-electron chi connectivity index (χ0n) is 19.7. The summed E-state index contributed by atoms with van der Waals surface area (Å²) in [6.45, 7) is 7.96. The van der Waals surface area contributed by atoms with Gasteiger partial charge in [0.1, 0.15) is 11.4 Å². The van der Waals surface area contributed by atoms with Crippen LogP contribution in [0.2, 0.25) is 0 Å². The summed E-state index contributed by atoms with van der Waals surface area (Å²) < 4.78 is 5.57. The Bertz CT molecular complexity index is 1090. The second-order valence-corrected chi connectivity index (χ2v) is 7.69. The minimum atomic E-state index is -1.28. The molecule has 2 aromatic carbocycles. The lowest BCUT2D eigenvalue weighted by molar-refractivity contribution is -0.124. The van der Waals surface area contributed by atoms with Crippen molar-refractivity contribution >= 4 is 17.4 Å². The van der Waals surface area contributed by atoms with Gasteiger partial charge in [-0.2, -0.15) is 0 Å². The summed E-state index contributed by atoms with van der Waals surface area (Å²) in [5, 5.41) is 33.5. The highest BCUT2D eigenvalue weighted by atomic mass is 16.5. The number of aromatic hydroxyl groups is 1. The highest BCUT2D eigenvalue weighted by Gasteiger charge is 2.39. The molecular weight excluding hydrogens is 436 g/mol. The molecule has 0 spiro atoms. The van der Waals surface area contributed by atoms with Crippen molar-refractivity contribution in [2.75, 3.05) is 26.0 Å². The normalized spacial score (nSPS) is 15.4. The van der Waals surface area contributed by atoms with Gasteiger partial charge in [0, 0.05) is 20.7 Å². The van der Waals surface area contributed by atoms with Gasteiger partial charge in [-0.05, 0) is 43.2 Å². The Labute approximate surface area is 199 Å². The number of rotatable bonds is 9. The number of carbonyl (C=O) groups is 2. The van der Waals surface area contributed by atoms with E-state index in [4.69, 9.17) is 10.00 Å². The van der Waals surface area contributed by atoms with E-state index in [0.717, 1.165) is 11.3 Å². The number of para-hydroxylation sites is 1. The molecule has 0 fully saturated rings. The smallest absolute Gasteiger partial charge is 0.257 e. The topological polar surface area (TPSA) is 135 Å². The lowest BCUT2D eigenvalue weighted by atomic mass is 9.92. The molecule has 2 unspecified atom stereocenters. The lowest BCUT2D eigenvalue weighted by Crippen LogP contribution is -2.46. The van der Waals surface area contributed by atoms with E-state index in [1.165, 1.54) is 11.0 Å². The molecule has 0 saturated heterocycles. The van der Waals surface area contributed by atoms with Crippen LogP contribution in [0.15, 0.2) is 53.9 Å². The fourth-order valence-corrected chi connectivity index (χ4v) is 3.53. The zero-order valence-corrected chi connectivity index (χ0v) is 19.7. The summed E-state index contributed by atoms with van der Waals surface area (Å²) >= 11 is 0. The van der Waals surface area contributed by atoms with Crippen molar-refractivity contribution in [2.45, 2.75) is 32.4 Å². The number of nitriles is 1. The van der Waals surface area contributed by atoms with E-state index in [9.17, 15) is 19.8 Å². The number of benzene rings is 2. The van der Waals surface area contributed by atoms with Gasteiger partial charge in [-0.3, -0.25) is 9.59 Å². The van der Waals surface area contributed by atoms with Crippen LogP contribution < -0.4 is 15.4 Å². The van der Waals surface area contributed by atoms with Gasteiger partial charge in [-0.25, -0.2) is 5.26 Å². The van der Waals surface area contributed by atoms with Gasteiger partial charge in [-0.1, -0.05) is 25.1 Å². The number of Topliss-reactive ketones (excluding diaryl/α,β-unsaturated/α-hetero) is 1. The molecule has 0 aromatic heterocycles. The summed E-state index contributed by atoms with van der Waals surface area (Å²) in [6, 6.07) is 12.2. The predicted octanol–water partition coefficient (Wildman–Crippen LogP) is 2.94. The van der Waals surface area contributed by atoms with E-state index in [2.05, 4.69) is 17.2 Å². The molecule has 9 nitrogen and oxygen atoms in total. The van der Waals surface area contributed by atoms with Crippen molar-refractivity contribution in [2.24, 2.45) is 0 Å². The van der Waals surface area contributed by atoms with Gasteiger partial charge in [0.15, 0.2) is 11.9 Å². The zero-order chi connectivity index (χ0) is 25.4. The molecule has 9 heteroatoms. The first-order valence-electron chi connectivity index (χ1n) is 10.8. The van der Waals surface area contributed by atoms with Gasteiger partial charge >= 0.3 is 0 Å². The summed E-state index contributed by atoms with van der Waals surface area (Å²) in [6.07, 6.45) is -0.582. The van der Waals surface area contributed by atoms with Crippen molar-refractivity contribution in [1.29, 1.82) is 5.26 Å². The summed E-state index contributed by atoms with van der Waals surface area (Å²) in [5.41, 5.74) is 1.77. The number of aliphatic hydroxyl groups is 1. The number of hydrogen-bond donors (Lipinski definition) is 4. The Hall–Kier alpha value is -4.03. The fraction of sp³-hybridized carbons (Fsp3) is 0.320. The Morgan fingerprint density at radius 2 is 1.88 bits per heavy atom. The number of nitrogens with one attached hydrogen (secondary N) is 2. The number of amides is 1. The minimum Gasteiger partial charge on any atom is -0.505 e. The second kappa shape index (κ2) is 11.7. The molecule has 4 N–H and O–H groups in total. The number of hydrogen-bond acceptors (Lipinski definition) is 8. The summed E-state index contributed by atoms with van der Waals surface area (Å²) in [5.74, 6) is -0.369. The van der Waals surface area contributed by atoms with Gasteiger partial charge in [0.05, 0.1) is 29.6 Å². The number of phenols is 1. The third-order valence-electron chi connectivity index (χ3n) is 5.28. The maximum absolute atomic E-state index is 12.4. The van der Waals surface area contributed by atoms with Gasteiger partial charge in [0.25, 0.3) is 5.91 Å². The standard InChI is InChI=1S/C24H29N3O5.CHN/c1-5-17(14-9-7-10-15(13-14)32-6-2)25-19-20(23(30)22(19)29)26-18-12-8-11-16(21(18)28)24(31)27(3)4;1-2/h7-13,17,22,25-26,28-29H,5-6H2,1-4H3;1H. The fourth-order valence-electron chi connectivity index (χ4n) is 3.53. The monoisotopic (exact) mass is 466 g/mol. The molecule has 3 rings (SSSR count). The van der Waals surface area contributed by atoms with Crippen LogP contribution in [0.3, 0.4) is 0 Å². The molecule has 2 aromatic rings. The van der Waals surface area contributed by atoms with Crippen LogP contribution in [-0.4, -0.2) is 53.6 Å². The molecule has 1 amide bonds. The molecule has 0 bridgehead atoms. The summed E-state index contributed by atoms with van der Waals surface area (Å²) in [4.78, 5) is 26.0. The van der Waals surface area contributed by atoms with Crippen LogP contribution in [0, 0.1) is 11.8 Å². The largest absolute Gasteiger partial charge is 0.505 e. The summed E-state index contributed by atoms with van der Waals surface area (Å²) in [7, 11) is 3.17. The maximum atomic E-state index is 12.4. The number of phenolic OH excluding ortho intramolecular Hbond substituents is 1. The average molecular weight is 467 g/mol. The first kappa shape index (κ1) is 26.2. The molecule has 1 aliphatic rings. The number of ether oxygens (including phenoxy) is 1. The van der Waals surface area contributed by atoms with Crippen molar-refractivity contribution < 1.29 is 24.5 Å². The minimum absolute atomic E-state index is 0.113. The first-order valence-corrected chi connectivity index (χ1v) is 10.8. The van der Waals surface area contributed by atoms with Crippen LogP contribution in [0.4, 0.5) is 5.69 Å². The lowest BCUT2D eigenvalue weighted by Gasteiger charge is -2.33. The van der Waals surface area contributed by atoms with Gasteiger partial charge < -0.3 is 30.5 Å². The molecular formula is C25H30N4O5. The Morgan fingerprint density at radius 1 is 1.21 bits per heavy atom. The third-order valence-corrected chi connectivity index (χ3v) is 5.28. The highest BCUT2D eigenvalue weighted by molar-refractivity contribution is 6.11. The SMILES string of the molecule is C#N.CCOc1cccc(C(CC)NC2=C(Nc3cccc(C(=O)N(C)C)c3O)C(=O)C2O)c1. The van der Waals surface area contributed by atoms with E-state index < -0.39 is 11.9 Å². The van der Waals surface area contributed by atoms with Crippen LogP contribution in [-0.2, 0) is 4.79 Å². The van der Waals surface area contributed by atoms with E-state index in [0.29, 0.717) is 18.7 Å². The molecule has 180 valence electrons. The molecule has 34 heavy (non-hydrogen) atoms. The Balaban J connectivity index is 0.00000199. The van der Waals surface area contributed by atoms with Crippen molar-refractivity contribution in [3.8, 4) is 18.1 Å². The molecule has 0 heterocycles.